The van der Waals surface area contributed by atoms with Gasteiger partial charge in [-0.25, -0.2) is 0 Å². The van der Waals surface area contributed by atoms with Crippen LogP contribution in [0.25, 0.3) is 0 Å². The molecule has 0 radical (unpaired) electrons. The molecule has 0 aromatic heterocycles. The fraction of sp³-hybridized carbons (Fsp3) is 0.550. The fourth-order valence-electron chi connectivity index (χ4n) is 1.89. The largest absolute Gasteiger partial charge is 0.481 e. The van der Waals surface area contributed by atoms with E-state index in [0.29, 0.717) is 6.42 Å². The van der Waals surface area contributed by atoms with Gasteiger partial charge in [0.25, 0.3) is 0 Å². The van der Waals surface area contributed by atoms with Crippen LogP contribution in [-0.4, -0.2) is 11.1 Å². The highest BCUT2D eigenvalue weighted by atomic mass is 16.4. The molecule has 2 nitrogen and oxygen atoms in total. The summed E-state index contributed by atoms with van der Waals surface area (Å²) in [4.78, 5) is 10.3. The molecule has 0 atom stereocenters. The third-order valence-corrected chi connectivity index (χ3v) is 3.15. The Morgan fingerprint density at radius 3 is 1.27 bits per heavy atom. The number of allylic oxidation sites excluding steroid dienone is 8. The Bertz CT molecular complexity index is 362. The number of carbonyl (C=O) groups is 1. The molecule has 22 heavy (non-hydrogen) atoms. The van der Waals surface area contributed by atoms with Crippen molar-refractivity contribution in [3.8, 4) is 0 Å². The summed E-state index contributed by atoms with van der Waals surface area (Å²) in [6, 6.07) is 0. The van der Waals surface area contributed by atoms with Gasteiger partial charge in [0.2, 0.25) is 0 Å². The summed E-state index contributed by atoms with van der Waals surface area (Å²) in [6.07, 6.45) is 27.4. The number of hydrogen-bond acceptors (Lipinski definition) is 1. The number of unbranched alkanes of at least 4 members (excludes halogenated alkanes) is 4. The molecule has 2 heteroatoms. The van der Waals surface area contributed by atoms with Gasteiger partial charge in [-0.3, -0.25) is 4.79 Å². The second kappa shape index (κ2) is 17.5. The van der Waals surface area contributed by atoms with Gasteiger partial charge in [0.1, 0.15) is 0 Å². The quantitative estimate of drug-likeness (QED) is 0.305. The fourth-order valence-corrected chi connectivity index (χ4v) is 1.89. The molecule has 0 amide bonds. The number of rotatable bonds is 14. The van der Waals surface area contributed by atoms with Crippen molar-refractivity contribution in [3.05, 3.63) is 48.6 Å². The Morgan fingerprint density at radius 2 is 0.955 bits per heavy atom. The van der Waals surface area contributed by atoms with Crippen LogP contribution < -0.4 is 0 Å². The predicted molar refractivity (Wildman–Crippen MR) is 96.0 cm³/mol. The van der Waals surface area contributed by atoms with E-state index in [2.05, 4.69) is 49.5 Å². The van der Waals surface area contributed by atoms with Crippen molar-refractivity contribution in [3.63, 3.8) is 0 Å². The average molecular weight is 304 g/mol. The lowest BCUT2D eigenvalue weighted by atomic mass is 10.2. The second-order valence-corrected chi connectivity index (χ2v) is 5.34. The lowest BCUT2D eigenvalue weighted by Crippen LogP contribution is -1.91. The molecule has 0 heterocycles. The van der Waals surface area contributed by atoms with E-state index in [4.69, 9.17) is 5.11 Å². The van der Waals surface area contributed by atoms with Gasteiger partial charge in [-0.2, -0.15) is 0 Å². The molecule has 1 N–H and O–H groups in total. The molecule has 0 aliphatic heterocycles. The molecule has 0 saturated heterocycles. The highest BCUT2D eigenvalue weighted by Gasteiger charge is 1.90. The van der Waals surface area contributed by atoms with Crippen LogP contribution >= 0.6 is 0 Å². The van der Waals surface area contributed by atoms with Crippen molar-refractivity contribution in [2.24, 2.45) is 0 Å². The van der Waals surface area contributed by atoms with E-state index in [1.807, 2.05) is 6.08 Å². The standard InChI is InChI=1S/C20H32O2/c1-2-3-4-5-6-7-8-9-10-11-12-13-14-15-16-17-18-19-20(21)22/h4-5,8-9,12-13,16-17H,2-3,6-7,10-11,14-15,18-19H2,1H3,(H,21,22)/b5-4+,9-8+,13-12+,17-16+. The number of hydrogen-bond donors (Lipinski definition) is 1. The van der Waals surface area contributed by atoms with E-state index in [1.165, 1.54) is 12.8 Å². The van der Waals surface area contributed by atoms with Crippen LogP contribution in [0.4, 0.5) is 0 Å². The Kier molecular flexibility index (Phi) is 16.2. The van der Waals surface area contributed by atoms with Crippen LogP contribution in [0.2, 0.25) is 0 Å². The lowest BCUT2D eigenvalue weighted by Gasteiger charge is -1.90. The second-order valence-electron chi connectivity index (χ2n) is 5.34. The molecule has 0 saturated carbocycles. The van der Waals surface area contributed by atoms with E-state index >= 15 is 0 Å². The molecule has 0 aromatic rings. The van der Waals surface area contributed by atoms with Gasteiger partial charge in [0, 0.05) is 6.42 Å². The maximum Gasteiger partial charge on any atom is 0.303 e. The predicted octanol–water partition coefficient (Wildman–Crippen LogP) is 6.22. The van der Waals surface area contributed by atoms with Crippen LogP contribution in [0.15, 0.2) is 48.6 Å². The Balaban J connectivity index is 3.35. The number of carboxylic acid groups (broad SMARTS) is 1. The summed E-state index contributed by atoms with van der Waals surface area (Å²) in [7, 11) is 0. The zero-order valence-electron chi connectivity index (χ0n) is 14.0. The minimum Gasteiger partial charge on any atom is -0.481 e. The van der Waals surface area contributed by atoms with Gasteiger partial charge in [-0.05, 0) is 51.4 Å². The first kappa shape index (κ1) is 20.4. The van der Waals surface area contributed by atoms with Gasteiger partial charge in [0.15, 0.2) is 0 Å². The Morgan fingerprint density at radius 1 is 0.636 bits per heavy atom. The molecule has 0 aliphatic rings. The van der Waals surface area contributed by atoms with Gasteiger partial charge >= 0.3 is 5.97 Å². The van der Waals surface area contributed by atoms with Crippen molar-refractivity contribution >= 4 is 5.97 Å². The summed E-state index contributed by atoms with van der Waals surface area (Å²) in [5.41, 5.74) is 0. The maximum atomic E-state index is 10.3. The molecular formula is C20H32O2. The summed E-state index contributed by atoms with van der Waals surface area (Å²) in [5.74, 6) is -0.727. The third kappa shape index (κ3) is 18.4. The molecule has 0 fully saturated rings. The number of carboxylic acids is 1. The van der Waals surface area contributed by atoms with Gasteiger partial charge < -0.3 is 5.11 Å². The molecule has 124 valence electrons. The average Bonchev–Trinajstić information content (AvgIpc) is 2.50. The van der Waals surface area contributed by atoms with Crippen molar-refractivity contribution < 1.29 is 9.90 Å². The molecule has 0 aliphatic carbocycles. The molecule has 0 bridgehead atoms. The van der Waals surface area contributed by atoms with Crippen LogP contribution in [0.3, 0.4) is 0 Å². The van der Waals surface area contributed by atoms with Crippen LogP contribution in [0, 0.1) is 0 Å². The molecule has 0 rings (SSSR count). The topological polar surface area (TPSA) is 37.3 Å². The third-order valence-electron chi connectivity index (χ3n) is 3.15. The van der Waals surface area contributed by atoms with Gasteiger partial charge in [0.05, 0.1) is 0 Å². The summed E-state index contributed by atoms with van der Waals surface area (Å²) in [5, 5.41) is 8.49. The van der Waals surface area contributed by atoms with Gasteiger partial charge in [-0.15, -0.1) is 0 Å². The first-order valence-corrected chi connectivity index (χ1v) is 8.59. The van der Waals surface area contributed by atoms with Crippen LogP contribution in [-0.2, 0) is 4.79 Å². The van der Waals surface area contributed by atoms with Crippen molar-refractivity contribution in [1.29, 1.82) is 0 Å². The van der Waals surface area contributed by atoms with Crippen molar-refractivity contribution in [2.75, 3.05) is 0 Å². The van der Waals surface area contributed by atoms with E-state index < -0.39 is 5.97 Å². The van der Waals surface area contributed by atoms with Crippen molar-refractivity contribution in [2.45, 2.75) is 71.1 Å². The maximum absolute atomic E-state index is 10.3. The van der Waals surface area contributed by atoms with Gasteiger partial charge in [-0.1, -0.05) is 62.0 Å². The molecule has 0 unspecified atom stereocenters. The molecule has 0 spiro atoms. The van der Waals surface area contributed by atoms with Crippen molar-refractivity contribution in [1.82, 2.24) is 0 Å². The molecular weight excluding hydrogens is 272 g/mol. The van der Waals surface area contributed by atoms with E-state index in [9.17, 15) is 4.79 Å². The highest BCUT2D eigenvalue weighted by molar-refractivity contribution is 5.66. The molecule has 0 aromatic carbocycles. The zero-order chi connectivity index (χ0) is 16.3. The Labute approximate surface area is 136 Å². The summed E-state index contributed by atoms with van der Waals surface area (Å²) < 4.78 is 0. The smallest absolute Gasteiger partial charge is 0.303 e. The van der Waals surface area contributed by atoms with Crippen LogP contribution in [0.5, 0.6) is 0 Å². The van der Waals surface area contributed by atoms with E-state index in [0.717, 1.165) is 38.5 Å². The lowest BCUT2D eigenvalue weighted by molar-refractivity contribution is -0.136. The number of aliphatic carboxylic acids is 1. The normalized spacial score (nSPS) is 12.4. The zero-order valence-corrected chi connectivity index (χ0v) is 14.0. The first-order valence-electron chi connectivity index (χ1n) is 8.59. The monoisotopic (exact) mass is 304 g/mol. The highest BCUT2D eigenvalue weighted by Crippen LogP contribution is 2.01. The summed E-state index contributed by atoms with van der Waals surface area (Å²) in [6.45, 7) is 2.20. The SMILES string of the molecule is CCC/C=C/CC/C=C/CC/C=C/CC/C=C/CCC(=O)O. The Hall–Kier alpha value is -1.57. The minimum atomic E-state index is -0.727. The van der Waals surface area contributed by atoms with E-state index in [1.54, 1.807) is 0 Å². The minimum absolute atomic E-state index is 0.229. The van der Waals surface area contributed by atoms with Crippen LogP contribution in [0.1, 0.15) is 71.1 Å². The van der Waals surface area contributed by atoms with E-state index in [-0.39, 0.29) is 6.42 Å². The first-order chi connectivity index (χ1) is 10.8. The summed E-state index contributed by atoms with van der Waals surface area (Å²) >= 11 is 0.